The van der Waals surface area contributed by atoms with Gasteiger partial charge >= 0.3 is 6.09 Å². The molecule has 27 heavy (non-hydrogen) atoms. The highest BCUT2D eigenvalue weighted by Gasteiger charge is 2.24. The molecule has 1 saturated heterocycles. The summed E-state index contributed by atoms with van der Waals surface area (Å²) in [5.74, 6) is -0.121. The molecule has 1 amide bonds. The number of pyridine rings is 1. The van der Waals surface area contributed by atoms with E-state index in [0.717, 1.165) is 0 Å². The second kappa shape index (κ2) is 7.71. The number of primary amides is 1. The predicted molar refractivity (Wildman–Crippen MR) is 95.0 cm³/mol. The van der Waals surface area contributed by atoms with Gasteiger partial charge in [-0.3, -0.25) is 0 Å². The lowest BCUT2D eigenvalue weighted by Gasteiger charge is -2.32. The van der Waals surface area contributed by atoms with Crippen molar-refractivity contribution in [3.8, 4) is 23.4 Å². The third-order valence-corrected chi connectivity index (χ3v) is 4.41. The molecule has 1 aliphatic heterocycles. The van der Waals surface area contributed by atoms with Crippen LogP contribution in [-0.4, -0.2) is 30.3 Å². The zero-order chi connectivity index (χ0) is 19.4. The minimum Gasteiger partial charge on any atom is -0.446 e. The number of hydrogen-bond acceptors (Lipinski definition) is 6. The molecule has 0 spiro atoms. The Morgan fingerprint density at radius 2 is 1.85 bits per heavy atom. The minimum absolute atomic E-state index is 0.0378. The van der Waals surface area contributed by atoms with Crippen molar-refractivity contribution < 1.29 is 13.9 Å². The fourth-order valence-corrected chi connectivity index (χ4v) is 3.05. The number of rotatable bonds is 3. The third-order valence-electron chi connectivity index (χ3n) is 4.41. The smallest absolute Gasteiger partial charge is 0.404 e. The zero-order valence-electron chi connectivity index (χ0n) is 14.4. The number of carbonyl (C=O) groups is 1. The zero-order valence-corrected chi connectivity index (χ0v) is 14.4. The molecule has 2 aromatic rings. The van der Waals surface area contributed by atoms with Crippen LogP contribution in [0.2, 0.25) is 0 Å². The third kappa shape index (κ3) is 3.96. The van der Waals surface area contributed by atoms with E-state index in [1.54, 1.807) is 24.3 Å². The van der Waals surface area contributed by atoms with Crippen LogP contribution in [0.4, 0.5) is 15.0 Å². The molecule has 3 rings (SSSR count). The van der Waals surface area contributed by atoms with Gasteiger partial charge in [0.2, 0.25) is 0 Å². The summed E-state index contributed by atoms with van der Waals surface area (Å²) >= 11 is 0. The average Bonchev–Trinajstić information content (AvgIpc) is 2.67. The fraction of sp³-hybridized carbons (Fsp3) is 0.263. The second-order valence-corrected chi connectivity index (χ2v) is 6.11. The number of carbonyl (C=O) groups excluding carboxylic acids is 1. The molecule has 0 atom stereocenters. The van der Waals surface area contributed by atoms with Gasteiger partial charge in [-0.15, -0.1) is 0 Å². The average molecular weight is 365 g/mol. The van der Waals surface area contributed by atoms with Crippen LogP contribution in [0.15, 0.2) is 30.3 Å². The van der Waals surface area contributed by atoms with Crippen molar-refractivity contribution in [1.82, 2.24) is 4.98 Å². The van der Waals surface area contributed by atoms with Gasteiger partial charge in [-0.1, -0.05) is 6.07 Å². The lowest BCUT2D eigenvalue weighted by molar-refractivity contribution is 0.0911. The molecule has 2 heterocycles. The Kier molecular flexibility index (Phi) is 5.18. The molecule has 136 valence electrons. The van der Waals surface area contributed by atoms with Crippen LogP contribution in [0.1, 0.15) is 24.0 Å². The Balaban J connectivity index is 1.87. The van der Waals surface area contributed by atoms with E-state index < -0.39 is 11.9 Å². The van der Waals surface area contributed by atoms with Crippen molar-refractivity contribution in [3.05, 3.63) is 47.3 Å². The summed E-state index contributed by atoms with van der Waals surface area (Å²) in [5, 5.41) is 18.2. The molecule has 8 heteroatoms. The number of halogens is 1. The number of aromatic nitrogens is 1. The van der Waals surface area contributed by atoms with Crippen molar-refractivity contribution in [2.75, 3.05) is 18.0 Å². The van der Waals surface area contributed by atoms with E-state index in [4.69, 9.17) is 15.7 Å². The Morgan fingerprint density at radius 3 is 2.44 bits per heavy atom. The number of ether oxygens (including phenoxy) is 1. The maximum atomic E-state index is 13.9. The normalized spacial score (nSPS) is 14.3. The molecule has 1 fully saturated rings. The molecule has 0 saturated carbocycles. The molecular weight excluding hydrogens is 349 g/mol. The molecule has 7 nitrogen and oxygen atoms in total. The number of nitrogens with zero attached hydrogens (tertiary/aromatic N) is 4. The highest BCUT2D eigenvalue weighted by atomic mass is 19.1. The Labute approximate surface area is 155 Å². The molecule has 0 radical (unpaired) electrons. The molecule has 0 unspecified atom stereocenters. The van der Waals surface area contributed by atoms with E-state index in [1.165, 1.54) is 12.1 Å². The first-order valence-corrected chi connectivity index (χ1v) is 8.34. The van der Waals surface area contributed by atoms with Crippen molar-refractivity contribution in [1.29, 1.82) is 10.5 Å². The van der Waals surface area contributed by atoms with Gasteiger partial charge in [-0.05, 0) is 24.3 Å². The van der Waals surface area contributed by atoms with Crippen LogP contribution < -0.4 is 10.6 Å². The van der Waals surface area contributed by atoms with Gasteiger partial charge < -0.3 is 15.4 Å². The molecule has 0 bridgehead atoms. The van der Waals surface area contributed by atoms with E-state index in [0.29, 0.717) is 48.6 Å². The summed E-state index contributed by atoms with van der Waals surface area (Å²) in [6, 6.07) is 11.5. The highest BCUT2D eigenvalue weighted by molar-refractivity contribution is 5.67. The van der Waals surface area contributed by atoms with E-state index in [1.807, 2.05) is 4.90 Å². The number of anilines is 1. The van der Waals surface area contributed by atoms with Crippen molar-refractivity contribution in [3.63, 3.8) is 0 Å². The second-order valence-electron chi connectivity index (χ2n) is 6.11. The van der Waals surface area contributed by atoms with Crippen LogP contribution in [0, 0.1) is 28.5 Å². The van der Waals surface area contributed by atoms with E-state index in [-0.39, 0.29) is 11.7 Å². The van der Waals surface area contributed by atoms with Crippen LogP contribution in [0.5, 0.6) is 0 Å². The molecule has 1 aliphatic rings. The van der Waals surface area contributed by atoms with Gasteiger partial charge in [0, 0.05) is 31.5 Å². The Hall–Kier alpha value is -3.65. The summed E-state index contributed by atoms with van der Waals surface area (Å²) in [6.45, 7) is 1.09. The van der Waals surface area contributed by atoms with Gasteiger partial charge in [-0.25, -0.2) is 14.2 Å². The van der Waals surface area contributed by atoms with E-state index in [2.05, 4.69) is 11.1 Å². The van der Waals surface area contributed by atoms with Gasteiger partial charge in [0.15, 0.2) is 0 Å². The van der Waals surface area contributed by atoms with Crippen LogP contribution >= 0.6 is 0 Å². The lowest BCUT2D eigenvalue weighted by atomic mass is 10.1. The minimum atomic E-state index is -0.797. The monoisotopic (exact) mass is 365 g/mol. The number of amides is 1. The fourth-order valence-electron chi connectivity index (χ4n) is 3.05. The standard InChI is InChI=1S/C19H16FN5O2/c20-16-9-12(1-2-13(16)10-21)17-4-3-14(11-22)18(24-17)25-7-5-15(6-8-25)27-19(23)26/h1-4,9,15H,5-8H2,(H2,23,26). The molecule has 1 aromatic carbocycles. The summed E-state index contributed by atoms with van der Waals surface area (Å²) in [4.78, 5) is 17.3. The predicted octanol–water partition coefficient (Wildman–Crippen LogP) is 2.70. The van der Waals surface area contributed by atoms with E-state index >= 15 is 0 Å². The topological polar surface area (TPSA) is 116 Å². The van der Waals surface area contributed by atoms with E-state index in [9.17, 15) is 14.4 Å². The molecule has 2 N–H and O–H groups in total. The first kappa shape index (κ1) is 18.2. The number of nitriles is 2. The van der Waals surface area contributed by atoms with Gasteiger partial charge in [0.25, 0.3) is 0 Å². The van der Waals surface area contributed by atoms with Crippen molar-refractivity contribution in [2.45, 2.75) is 18.9 Å². The maximum Gasteiger partial charge on any atom is 0.404 e. The summed E-state index contributed by atoms with van der Waals surface area (Å²) in [7, 11) is 0. The van der Waals surface area contributed by atoms with Crippen LogP contribution in [0.3, 0.4) is 0 Å². The number of hydrogen-bond donors (Lipinski definition) is 1. The molecule has 1 aromatic heterocycles. The van der Waals surface area contributed by atoms with Gasteiger partial charge in [-0.2, -0.15) is 10.5 Å². The lowest BCUT2D eigenvalue weighted by Crippen LogP contribution is -2.39. The Morgan fingerprint density at radius 1 is 1.19 bits per heavy atom. The van der Waals surface area contributed by atoms with Crippen LogP contribution in [-0.2, 0) is 4.74 Å². The number of piperidine rings is 1. The Bertz CT molecular complexity index is 956. The number of benzene rings is 1. The number of nitrogens with two attached hydrogens (primary N) is 1. The quantitative estimate of drug-likeness (QED) is 0.894. The molecular formula is C19H16FN5O2. The largest absolute Gasteiger partial charge is 0.446 e. The van der Waals surface area contributed by atoms with Crippen molar-refractivity contribution >= 4 is 11.9 Å². The van der Waals surface area contributed by atoms with Crippen LogP contribution in [0.25, 0.3) is 11.3 Å². The first-order valence-electron chi connectivity index (χ1n) is 8.34. The molecule has 0 aliphatic carbocycles. The maximum absolute atomic E-state index is 13.9. The summed E-state index contributed by atoms with van der Waals surface area (Å²) in [6.07, 6.45) is 0.102. The first-order chi connectivity index (χ1) is 13.0. The SMILES string of the molecule is N#Cc1ccc(-c2ccc(C#N)c(N3CCC(OC(N)=O)CC3)n2)cc1F. The van der Waals surface area contributed by atoms with Gasteiger partial charge in [0.05, 0.1) is 16.8 Å². The summed E-state index contributed by atoms with van der Waals surface area (Å²) in [5.41, 5.74) is 6.44. The summed E-state index contributed by atoms with van der Waals surface area (Å²) < 4.78 is 18.9. The van der Waals surface area contributed by atoms with Crippen molar-refractivity contribution in [2.24, 2.45) is 5.73 Å². The van der Waals surface area contributed by atoms with Gasteiger partial charge in [0.1, 0.15) is 29.9 Å². The highest BCUT2D eigenvalue weighted by Crippen LogP contribution is 2.27.